The van der Waals surface area contributed by atoms with E-state index in [0.717, 1.165) is 12.8 Å². The van der Waals surface area contributed by atoms with Gasteiger partial charge in [-0.05, 0) is 12.3 Å². The van der Waals surface area contributed by atoms with Crippen molar-refractivity contribution < 1.29 is 34.4 Å². The molecule has 0 spiro atoms. The summed E-state index contributed by atoms with van der Waals surface area (Å²) in [5.41, 5.74) is -2.63. The first-order valence-electron chi connectivity index (χ1n) is 6.04. The van der Waals surface area contributed by atoms with E-state index in [9.17, 15) is 19.5 Å². The Morgan fingerprint density at radius 2 is 1.79 bits per heavy atom. The molecule has 3 N–H and O–H groups in total. The van der Waals surface area contributed by atoms with Crippen LogP contribution in [0.3, 0.4) is 0 Å². The molecule has 7 heteroatoms. The zero-order chi connectivity index (χ0) is 15.1. The molecule has 0 aliphatic heterocycles. The van der Waals surface area contributed by atoms with Gasteiger partial charge in [-0.15, -0.1) is 0 Å². The van der Waals surface area contributed by atoms with Gasteiger partial charge >= 0.3 is 17.9 Å². The van der Waals surface area contributed by atoms with E-state index < -0.39 is 36.4 Å². The molecule has 7 nitrogen and oxygen atoms in total. The number of aliphatic carboxylic acids is 2. The molecule has 0 aromatic carbocycles. The summed E-state index contributed by atoms with van der Waals surface area (Å²) in [6, 6.07) is 0. The van der Waals surface area contributed by atoms with Gasteiger partial charge in [0.1, 0.15) is 0 Å². The Morgan fingerprint density at radius 1 is 1.21 bits per heavy atom. The fourth-order valence-corrected chi connectivity index (χ4v) is 1.57. The minimum Gasteiger partial charge on any atom is -0.481 e. The standard InChI is InChI=1S/C12H20O7/c1-3-4-8(2)7-19-10(15)6-12(18,11(16)17)5-9(13)14/h8,18H,3-7H2,1-2H3,(H,13,14)(H,16,17). The molecule has 0 saturated carbocycles. The third-order valence-electron chi connectivity index (χ3n) is 2.59. The SMILES string of the molecule is CCCC(C)COC(=O)CC(O)(CC(=O)O)C(=O)O. The van der Waals surface area contributed by atoms with Gasteiger partial charge in [0.05, 0.1) is 19.4 Å². The van der Waals surface area contributed by atoms with Gasteiger partial charge < -0.3 is 20.1 Å². The predicted molar refractivity (Wildman–Crippen MR) is 64.5 cm³/mol. The van der Waals surface area contributed by atoms with Crippen LogP contribution in [0.15, 0.2) is 0 Å². The summed E-state index contributed by atoms with van der Waals surface area (Å²) in [6.07, 6.45) is -0.155. The lowest BCUT2D eigenvalue weighted by Gasteiger charge is -2.20. The van der Waals surface area contributed by atoms with Crippen LogP contribution in [0.2, 0.25) is 0 Å². The first-order valence-corrected chi connectivity index (χ1v) is 6.04. The normalized spacial score (nSPS) is 15.3. The van der Waals surface area contributed by atoms with Crippen LogP contribution in [0.5, 0.6) is 0 Å². The van der Waals surface area contributed by atoms with E-state index in [1.807, 2.05) is 13.8 Å². The minimum absolute atomic E-state index is 0.120. The third-order valence-corrected chi connectivity index (χ3v) is 2.59. The molecule has 0 saturated heterocycles. The maximum atomic E-state index is 11.4. The van der Waals surface area contributed by atoms with E-state index in [-0.39, 0.29) is 12.5 Å². The number of esters is 1. The van der Waals surface area contributed by atoms with Crippen LogP contribution >= 0.6 is 0 Å². The number of ether oxygens (including phenoxy) is 1. The summed E-state index contributed by atoms with van der Waals surface area (Å²) in [5, 5.41) is 26.9. The number of carboxylic acids is 2. The lowest BCUT2D eigenvalue weighted by atomic mass is 9.96. The van der Waals surface area contributed by atoms with Crippen LogP contribution in [0.1, 0.15) is 39.5 Å². The maximum absolute atomic E-state index is 11.4. The van der Waals surface area contributed by atoms with Crippen molar-refractivity contribution in [2.45, 2.75) is 45.1 Å². The number of rotatable bonds is 9. The average molecular weight is 276 g/mol. The molecule has 0 aliphatic carbocycles. The van der Waals surface area contributed by atoms with Crippen molar-refractivity contribution in [3.63, 3.8) is 0 Å². The van der Waals surface area contributed by atoms with Gasteiger partial charge in [0.25, 0.3) is 0 Å². The first kappa shape index (κ1) is 17.4. The number of carbonyl (C=O) groups excluding carboxylic acids is 1. The molecule has 0 rings (SSSR count). The highest BCUT2D eigenvalue weighted by Crippen LogP contribution is 2.17. The Morgan fingerprint density at radius 3 is 2.21 bits per heavy atom. The number of hydrogen-bond acceptors (Lipinski definition) is 5. The van der Waals surface area contributed by atoms with Crippen LogP contribution in [-0.4, -0.2) is 45.4 Å². The zero-order valence-electron chi connectivity index (χ0n) is 11.1. The summed E-state index contributed by atoms with van der Waals surface area (Å²) < 4.78 is 4.83. The smallest absolute Gasteiger partial charge is 0.336 e. The van der Waals surface area contributed by atoms with Crippen molar-refractivity contribution in [2.75, 3.05) is 6.61 Å². The Balaban J connectivity index is 4.40. The molecule has 110 valence electrons. The molecule has 0 aromatic rings. The van der Waals surface area contributed by atoms with E-state index in [0.29, 0.717) is 0 Å². The van der Waals surface area contributed by atoms with E-state index >= 15 is 0 Å². The highest BCUT2D eigenvalue weighted by Gasteiger charge is 2.41. The lowest BCUT2D eigenvalue weighted by molar-refractivity contribution is -0.172. The molecule has 2 atom stereocenters. The van der Waals surface area contributed by atoms with Crippen LogP contribution in [0.25, 0.3) is 0 Å². The quantitative estimate of drug-likeness (QED) is 0.528. The van der Waals surface area contributed by atoms with Crippen molar-refractivity contribution >= 4 is 17.9 Å². The zero-order valence-corrected chi connectivity index (χ0v) is 11.1. The van der Waals surface area contributed by atoms with Gasteiger partial charge in [-0.3, -0.25) is 9.59 Å². The number of carbonyl (C=O) groups is 3. The molecular weight excluding hydrogens is 256 g/mol. The van der Waals surface area contributed by atoms with Gasteiger partial charge in [0.2, 0.25) is 0 Å². The molecule has 0 radical (unpaired) electrons. The van der Waals surface area contributed by atoms with Gasteiger partial charge in [0.15, 0.2) is 5.60 Å². The number of hydrogen-bond donors (Lipinski definition) is 3. The fraction of sp³-hybridized carbons (Fsp3) is 0.750. The lowest BCUT2D eigenvalue weighted by Crippen LogP contribution is -2.43. The second kappa shape index (κ2) is 7.73. The van der Waals surface area contributed by atoms with Crippen LogP contribution < -0.4 is 0 Å². The summed E-state index contributed by atoms with van der Waals surface area (Å²) in [7, 11) is 0. The maximum Gasteiger partial charge on any atom is 0.336 e. The van der Waals surface area contributed by atoms with Crippen molar-refractivity contribution in [1.82, 2.24) is 0 Å². The summed E-state index contributed by atoms with van der Waals surface area (Å²) in [4.78, 5) is 32.7. The van der Waals surface area contributed by atoms with E-state index in [2.05, 4.69) is 0 Å². The van der Waals surface area contributed by atoms with Gasteiger partial charge in [-0.2, -0.15) is 0 Å². The highest BCUT2D eigenvalue weighted by molar-refractivity contribution is 5.88. The molecule has 0 bridgehead atoms. The molecule has 0 fully saturated rings. The molecule has 0 aliphatic rings. The first-order chi connectivity index (χ1) is 8.71. The van der Waals surface area contributed by atoms with Gasteiger partial charge in [-0.1, -0.05) is 20.3 Å². The molecular formula is C12H20O7. The summed E-state index contributed by atoms with van der Waals surface area (Å²) in [5.74, 6) is -4.05. The monoisotopic (exact) mass is 276 g/mol. The topological polar surface area (TPSA) is 121 Å². The highest BCUT2D eigenvalue weighted by atomic mass is 16.5. The molecule has 19 heavy (non-hydrogen) atoms. The second-order valence-corrected chi connectivity index (χ2v) is 4.66. The Kier molecular flexibility index (Phi) is 7.06. The summed E-state index contributed by atoms with van der Waals surface area (Å²) >= 11 is 0. The summed E-state index contributed by atoms with van der Waals surface area (Å²) in [6.45, 7) is 3.97. The van der Waals surface area contributed by atoms with Crippen LogP contribution in [0.4, 0.5) is 0 Å². The van der Waals surface area contributed by atoms with E-state index in [1.54, 1.807) is 0 Å². The Hall–Kier alpha value is -1.63. The third kappa shape index (κ3) is 6.76. The van der Waals surface area contributed by atoms with Crippen molar-refractivity contribution in [3.8, 4) is 0 Å². The molecule has 0 amide bonds. The van der Waals surface area contributed by atoms with Gasteiger partial charge in [-0.25, -0.2) is 4.79 Å². The Labute approximate surface area is 111 Å². The number of carboxylic acid groups (broad SMARTS) is 2. The Bertz CT molecular complexity index is 339. The molecule has 0 aromatic heterocycles. The molecule has 2 unspecified atom stereocenters. The van der Waals surface area contributed by atoms with Gasteiger partial charge in [0, 0.05) is 0 Å². The van der Waals surface area contributed by atoms with Crippen LogP contribution in [-0.2, 0) is 19.1 Å². The predicted octanol–water partition coefficient (Wildman–Crippen LogP) is 0.646. The number of aliphatic hydroxyl groups is 1. The second-order valence-electron chi connectivity index (χ2n) is 4.66. The van der Waals surface area contributed by atoms with Crippen molar-refractivity contribution in [3.05, 3.63) is 0 Å². The largest absolute Gasteiger partial charge is 0.481 e. The van der Waals surface area contributed by atoms with Crippen molar-refractivity contribution in [2.24, 2.45) is 5.92 Å². The van der Waals surface area contributed by atoms with E-state index in [1.165, 1.54) is 0 Å². The minimum atomic E-state index is -2.63. The van der Waals surface area contributed by atoms with Crippen molar-refractivity contribution in [1.29, 1.82) is 0 Å². The van der Waals surface area contributed by atoms with E-state index in [4.69, 9.17) is 14.9 Å². The molecule has 0 heterocycles. The fourth-order valence-electron chi connectivity index (χ4n) is 1.57. The van der Waals surface area contributed by atoms with Crippen LogP contribution in [0, 0.1) is 5.92 Å². The average Bonchev–Trinajstić information content (AvgIpc) is 2.25.